The number of ether oxygens (including phenoxy) is 1. The van der Waals surface area contributed by atoms with E-state index in [4.69, 9.17) is 4.74 Å². The molecule has 25 heavy (non-hydrogen) atoms. The van der Waals surface area contributed by atoms with Gasteiger partial charge in [0.25, 0.3) is 5.56 Å². The molecule has 0 saturated heterocycles. The van der Waals surface area contributed by atoms with E-state index in [0.29, 0.717) is 16.1 Å². The van der Waals surface area contributed by atoms with Gasteiger partial charge in [0, 0.05) is 11.4 Å². The molecule has 0 bridgehead atoms. The molecule has 3 rings (SSSR count). The summed E-state index contributed by atoms with van der Waals surface area (Å²) in [4.78, 5) is 32.6. The van der Waals surface area contributed by atoms with Gasteiger partial charge in [-0.2, -0.15) is 4.68 Å². The number of benzene rings is 1. The lowest BCUT2D eigenvalue weighted by atomic mass is 10.2. The van der Waals surface area contributed by atoms with E-state index < -0.39 is 5.97 Å². The number of carbonyl (C=O) groups is 1. The number of hydrogen-bond acceptors (Lipinski definition) is 8. The molecule has 0 aliphatic heterocycles. The highest BCUT2D eigenvalue weighted by Crippen LogP contribution is 2.14. The predicted molar refractivity (Wildman–Crippen MR) is 92.1 cm³/mol. The zero-order chi connectivity index (χ0) is 17.8. The molecule has 128 valence electrons. The summed E-state index contributed by atoms with van der Waals surface area (Å²) in [5, 5.41) is 8.63. The van der Waals surface area contributed by atoms with Crippen molar-refractivity contribution in [3.8, 4) is 0 Å². The molecule has 0 saturated carbocycles. The lowest BCUT2D eigenvalue weighted by Gasteiger charge is -2.06. The molecule has 2 heterocycles. The third-order valence-electron chi connectivity index (χ3n) is 3.26. The number of thioether (sulfide) groups is 1. The topological polar surface area (TPSA) is 99.9 Å². The minimum atomic E-state index is -0.491. The van der Waals surface area contributed by atoms with Crippen molar-refractivity contribution in [3.05, 3.63) is 52.1 Å². The van der Waals surface area contributed by atoms with E-state index in [-0.39, 0.29) is 18.0 Å². The van der Waals surface area contributed by atoms with Crippen LogP contribution >= 0.6 is 11.8 Å². The van der Waals surface area contributed by atoms with Gasteiger partial charge in [-0.15, -0.1) is 5.10 Å². The zero-order valence-corrected chi connectivity index (χ0v) is 14.5. The van der Waals surface area contributed by atoms with E-state index in [9.17, 15) is 9.59 Å². The lowest BCUT2D eigenvalue weighted by Crippen LogP contribution is -2.26. The molecule has 0 amide bonds. The second-order valence-electron chi connectivity index (χ2n) is 5.28. The fourth-order valence-corrected chi connectivity index (χ4v) is 2.91. The summed E-state index contributed by atoms with van der Waals surface area (Å²) in [5.41, 5.74) is 1.81. The fraction of sp³-hybridized carbons (Fsp3) is 0.250. The van der Waals surface area contributed by atoms with Crippen molar-refractivity contribution in [2.24, 2.45) is 0 Å². The van der Waals surface area contributed by atoms with Crippen molar-refractivity contribution in [2.45, 2.75) is 25.7 Å². The maximum atomic E-state index is 12.2. The van der Waals surface area contributed by atoms with Crippen LogP contribution in [0.25, 0.3) is 10.9 Å². The van der Waals surface area contributed by atoms with Gasteiger partial charge in [-0.25, -0.2) is 9.97 Å². The van der Waals surface area contributed by atoms with Gasteiger partial charge in [0.15, 0.2) is 11.9 Å². The summed E-state index contributed by atoms with van der Waals surface area (Å²) in [6.45, 7) is 3.44. The molecule has 1 aromatic carbocycles. The maximum absolute atomic E-state index is 12.2. The largest absolute Gasteiger partial charge is 0.441 e. The van der Waals surface area contributed by atoms with Crippen molar-refractivity contribution < 1.29 is 9.53 Å². The molecule has 0 N–H and O–H groups in total. The molecule has 0 aliphatic rings. The predicted octanol–water partition coefficient (Wildman–Crippen LogP) is 1.49. The number of carbonyl (C=O) groups excluding carboxylic acids is 1. The van der Waals surface area contributed by atoms with Crippen molar-refractivity contribution in [2.75, 3.05) is 5.75 Å². The maximum Gasteiger partial charge on any atom is 0.318 e. The quantitative estimate of drug-likeness (QED) is 0.385. The normalized spacial score (nSPS) is 10.8. The van der Waals surface area contributed by atoms with Crippen LogP contribution in [0.4, 0.5) is 0 Å². The van der Waals surface area contributed by atoms with Gasteiger partial charge in [-0.05, 0) is 32.0 Å². The molecule has 0 atom stereocenters. The SMILES string of the molecule is Cc1cc(C)nc(SCC(=O)OCn2nnc3ccccc3c2=O)n1. The highest BCUT2D eigenvalue weighted by molar-refractivity contribution is 7.99. The standard InChI is InChI=1S/C16H15N5O3S/c1-10-7-11(2)18-16(17-10)25-8-14(22)24-9-21-15(23)12-5-3-4-6-13(12)19-20-21/h3-7H,8-9H2,1-2H3. The van der Waals surface area contributed by atoms with Gasteiger partial charge >= 0.3 is 5.97 Å². The first-order valence-corrected chi connectivity index (χ1v) is 8.45. The van der Waals surface area contributed by atoms with E-state index in [1.54, 1.807) is 24.3 Å². The number of rotatable bonds is 5. The van der Waals surface area contributed by atoms with Crippen LogP contribution in [0, 0.1) is 13.8 Å². The Morgan fingerprint density at radius 2 is 1.92 bits per heavy atom. The molecule has 0 fully saturated rings. The van der Waals surface area contributed by atoms with Crippen LogP contribution in [0.5, 0.6) is 0 Å². The van der Waals surface area contributed by atoms with Crippen LogP contribution in [-0.2, 0) is 16.3 Å². The molecule has 0 unspecified atom stereocenters. The van der Waals surface area contributed by atoms with Gasteiger partial charge in [0.05, 0.1) is 11.1 Å². The molecule has 3 aromatic rings. The van der Waals surface area contributed by atoms with E-state index >= 15 is 0 Å². The van der Waals surface area contributed by atoms with Crippen molar-refractivity contribution >= 4 is 28.6 Å². The van der Waals surface area contributed by atoms with Gasteiger partial charge < -0.3 is 4.74 Å². The molecular formula is C16H15N5O3S. The summed E-state index contributed by atoms with van der Waals surface area (Å²) in [5.74, 6) is -0.451. The van der Waals surface area contributed by atoms with Crippen LogP contribution in [0.2, 0.25) is 0 Å². The number of fused-ring (bicyclic) bond motifs is 1. The van der Waals surface area contributed by atoms with Gasteiger partial charge in [-0.1, -0.05) is 29.1 Å². The Balaban J connectivity index is 1.61. The van der Waals surface area contributed by atoms with Crippen LogP contribution in [0.15, 0.2) is 40.3 Å². The average Bonchev–Trinajstić information content (AvgIpc) is 2.59. The Kier molecular flexibility index (Phi) is 5.03. The fourth-order valence-electron chi connectivity index (χ4n) is 2.16. The smallest absolute Gasteiger partial charge is 0.318 e. The molecule has 8 nitrogen and oxygen atoms in total. The Bertz CT molecular complexity index is 969. The first kappa shape index (κ1) is 17.0. The first-order chi connectivity index (χ1) is 12.0. The van der Waals surface area contributed by atoms with E-state index in [2.05, 4.69) is 20.3 Å². The second-order valence-corrected chi connectivity index (χ2v) is 6.22. The van der Waals surface area contributed by atoms with Crippen molar-refractivity contribution in [1.82, 2.24) is 25.0 Å². The molecule has 9 heteroatoms. The molecule has 2 aromatic heterocycles. The van der Waals surface area contributed by atoms with Crippen LogP contribution in [0.3, 0.4) is 0 Å². The van der Waals surface area contributed by atoms with Crippen LogP contribution < -0.4 is 5.56 Å². The Hall–Kier alpha value is -2.81. The number of aryl methyl sites for hydroxylation is 2. The third-order valence-corrected chi connectivity index (χ3v) is 4.08. The van der Waals surface area contributed by atoms with Crippen LogP contribution in [0.1, 0.15) is 11.4 Å². The highest BCUT2D eigenvalue weighted by atomic mass is 32.2. The van der Waals surface area contributed by atoms with E-state index in [0.717, 1.165) is 16.1 Å². The third kappa shape index (κ3) is 4.18. The number of aromatic nitrogens is 5. The van der Waals surface area contributed by atoms with Crippen LogP contribution in [-0.4, -0.2) is 36.7 Å². The van der Waals surface area contributed by atoms with Crippen molar-refractivity contribution in [3.63, 3.8) is 0 Å². The Labute approximate surface area is 147 Å². The minimum Gasteiger partial charge on any atom is -0.441 e. The minimum absolute atomic E-state index is 0.0403. The van der Waals surface area contributed by atoms with Gasteiger partial charge in [-0.3, -0.25) is 9.59 Å². The zero-order valence-electron chi connectivity index (χ0n) is 13.7. The monoisotopic (exact) mass is 357 g/mol. The number of nitrogens with zero attached hydrogens (tertiary/aromatic N) is 5. The highest BCUT2D eigenvalue weighted by Gasteiger charge is 2.10. The Morgan fingerprint density at radius 1 is 1.20 bits per heavy atom. The van der Waals surface area contributed by atoms with E-state index in [1.165, 1.54) is 11.8 Å². The molecule has 0 radical (unpaired) electrons. The first-order valence-electron chi connectivity index (χ1n) is 7.46. The van der Waals surface area contributed by atoms with E-state index in [1.807, 2.05) is 19.9 Å². The van der Waals surface area contributed by atoms with Crippen molar-refractivity contribution in [1.29, 1.82) is 0 Å². The summed E-state index contributed by atoms with van der Waals surface area (Å²) in [6.07, 6.45) is 0. The Morgan fingerprint density at radius 3 is 2.68 bits per heavy atom. The summed E-state index contributed by atoms with van der Waals surface area (Å²) >= 11 is 1.18. The average molecular weight is 357 g/mol. The van der Waals surface area contributed by atoms with Gasteiger partial charge in [0.1, 0.15) is 5.52 Å². The number of hydrogen-bond donors (Lipinski definition) is 0. The number of esters is 1. The summed E-state index contributed by atoms with van der Waals surface area (Å²) in [6, 6.07) is 8.71. The summed E-state index contributed by atoms with van der Waals surface area (Å²) < 4.78 is 6.10. The second kappa shape index (κ2) is 7.39. The van der Waals surface area contributed by atoms with Gasteiger partial charge in [0.2, 0.25) is 0 Å². The molecule has 0 aliphatic carbocycles. The molecule has 0 spiro atoms. The lowest BCUT2D eigenvalue weighted by molar-refractivity contribution is -0.144. The molecular weight excluding hydrogens is 342 g/mol. The summed E-state index contributed by atoms with van der Waals surface area (Å²) in [7, 11) is 0.